The van der Waals surface area contributed by atoms with Crippen LogP contribution >= 0.6 is 0 Å². The Morgan fingerprint density at radius 2 is 2.00 bits per heavy atom. The molecule has 1 rings (SSSR count). The van der Waals surface area contributed by atoms with Crippen LogP contribution in [0.25, 0.3) is 0 Å². The molecule has 21 heavy (non-hydrogen) atoms. The van der Waals surface area contributed by atoms with E-state index in [-0.39, 0.29) is 5.91 Å². The zero-order valence-corrected chi connectivity index (χ0v) is 13.2. The molecule has 5 heteroatoms. The van der Waals surface area contributed by atoms with Crippen molar-refractivity contribution in [1.82, 2.24) is 10.6 Å². The van der Waals surface area contributed by atoms with Gasteiger partial charge in [-0.15, -0.1) is 0 Å². The highest BCUT2D eigenvalue weighted by atomic mass is 16.5. The summed E-state index contributed by atoms with van der Waals surface area (Å²) in [6.45, 7) is 4.30. The summed E-state index contributed by atoms with van der Waals surface area (Å²) in [5.74, 6) is 1.18. The Morgan fingerprint density at radius 1 is 1.19 bits per heavy atom. The molecular formula is C16H26N2O3. The number of ether oxygens (including phenoxy) is 2. The minimum Gasteiger partial charge on any atom is -0.493 e. The molecule has 5 nitrogen and oxygen atoms in total. The number of methoxy groups -OCH3 is 1. The largest absolute Gasteiger partial charge is 0.493 e. The molecule has 2 N–H and O–H groups in total. The molecule has 0 spiro atoms. The van der Waals surface area contributed by atoms with Gasteiger partial charge in [-0.25, -0.2) is 0 Å². The number of hydrogen-bond acceptors (Lipinski definition) is 4. The average molecular weight is 294 g/mol. The van der Waals surface area contributed by atoms with Crippen LogP contribution in [0.4, 0.5) is 0 Å². The van der Waals surface area contributed by atoms with Crippen molar-refractivity contribution in [2.24, 2.45) is 0 Å². The van der Waals surface area contributed by atoms with Gasteiger partial charge in [0.2, 0.25) is 0 Å². The first-order valence-electron chi connectivity index (χ1n) is 7.46. The molecule has 0 bridgehead atoms. The van der Waals surface area contributed by atoms with Gasteiger partial charge in [-0.1, -0.05) is 13.3 Å². The molecule has 0 aliphatic carbocycles. The van der Waals surface area contributed by atoms with E-state index in [2.05, 4.69) is 17.6 Å². The van der Waals surface area contributed by atoms with Crippen molar-refractivity contribution in [2.75, 3.05) is 33.9 Å². The van der Waals surface area contributed by atoms with E-state index >= 15 is 0 Å². The van der Waals surface area contributed by atoms with Crippen molar-refractivity contribution in [3.05, 3.63) is 23.8 Å². The summed E-state index contributed by atoms with van der Waals surface area (Å²) in [6, 6.07) is 5.27. The van der Waals surface area contributed by atoms with Crippen molar-refractivity contribution in [1.29, 1.82) is 0 Å². The Morgan fingerprint density at radius 3 is 2.67 bits per heavy atom. The molecule has 0 heterocycles. The second-order valence-electron chi connectivity index (χ2n) is 4.78. The van der Waals surface area contributed by atoms with E-state index in [9.17, 15) is 4.79 Å². The van der Waals surface area contributed by atoms with Crippen molar-refractivity contribution in [2.45, 2.75) is 26.2 Å². The molecule has 118 valence electrons. The fourth-order valence-corrected chi connectivity index (χ4v) is 1.82. The predicted octanol–water partition coefficient (Wildman–Crippen LogP) is 2.21. The molecular weight excluding hydrogens is 268 g/mol. The Kier molecular flexibility index (Phi) is 8.28. The second kappa shape index (κ2) is 10.0. The van der Waals surface area contributed by atoms with Gasteiger partial charge in [0.1, 0.15) is 0 Å². The standard InChI is InChI=1S/C16H26N2O3/c1-4-5-11-21-14-8-7-13(12-15(14)20-3)16(19)18-10-6-9-17-2/h7-8,12,17H,4-6,9-11H2,1-3H3,(H,18,19). The van der Waals surface area contributed by atoms with E-state index in [0.717, 1.165) is 25.8 Å². The lowest BCUT2D eigenvalue weighted by Crippen LogP contribution is -2.26. The quantitative estimate of drug-likeness (QED) is 0.650. The summed E-state index contributed by atoms with van der Waals surface area (Å²) in [5.41, 5.74) is 0.583. The van der Waals surface area contributed by atoms with Gasteiger partial charge in [0, 0.05) is 12.1 Å². The van der Waals surface area contributed by atoms with Crippen molar-refractivity contribution >= 4 is 5.91 Å². The van der Waals surface area contributed by atoms with Crippen LogP contribution in [-0.2, 0) is 0 Å². The number of carbonyl (C=O) groups excluding carboxylic acids is 1. The van der Waals surface area contributed by atoms with E-state index in [1.54, 1.807) is 25.3 Å². The third-order valence-corrected chi connectivity index (χ3v) is 3.07. The zero-order valence-electron chi connectivity index (χ0n) is 13.2. The van der Waals surface area contributed by atoms with Gasteiger partial charge in [-0.05, 0) is 44.6 Å². The van der Waals surface area contributed by atoms with Crippen molar-refractivity contribution in [3.63, 3.8) is 0 Å². The highest BCUT2D eigenvalue weighted by Gasteiger charge is 2.10. The molecule has 1 aromatic carbocycles. The molecule has 0 atom stereocenters. The minimum absolute atomic E-state index is 0.0930. The summed E-state index contributed by atoms with van der Waals surface area (Å²) in [7, 11) is 3.47. The van der Waals surface area contributed by atoms with Crippen LogP contribution in [0, 0.1) is 0 Å². The molecule has 0 aliphatic heterocycles. The first-order valence-corrected chi connectivity index (χ1v) is 7.46. The van der Waals surface area contributed by atoms with Gasteiger partial charge in [0.05, 0.1) is 13.7 Å². The summed E-state index contributed by atoms with van der Waals surface area (Å²) in [4.78, 5) is 12.0. The molecule has 1 aromatic rings. The first kappa shape index (κ1) is 17.3. The summed E-state index contributed by atoms with van der Waals surface area (Å²) >= 11 is 0. The van der Waals surface area contributed by atoms with Crippen LogP contribution in [0.2, 0.25) is 0 Å². The Hall–Kier alpha value is -1.75. The van der Waals surface area contributed by atoms with Crippen LogP contribution < -0.4 is 20.1 Å². The Labute approximate surface area is 127 Å². The molecule has 0 saturated carbocycles. The Bertz CT molecular complexity index is 436. The maximum absolute atomic E-state index is 12.0. The molecule has 0 aromatic heterocycles. The number of unbranched alkanes of at least 4 members (excludes halogenated alkanes) is 1. The predicted molar refractivity (Wildman–Crippen MR) is 84.3 cm³/mol. The van der Waals surface area contributed by atoms with E-state index in [1.807, 2.05) is 7.05 Å². The van der Waals surface area contributed by atoms with E-state index in [4.69, 9.17) is 9.47 Å². The van der Waals surface area contributed by atoms with Gasteiger partial charge in [-0.2, -0.15) is 0 Å². The lowest BCUT2D eigenvalue weighted by atomic mass is 10.2. The number of benzene rings is 1. The molecule has 0 fully saturated rings. The number of amides is 1. The maximum Gasteiger partial charge on any atom is 0.251 e. The smallest absolute Gasteiger partial charge is 0.251 e. The minimum atomic E-state index is -0.0930. The fraction of sp³-hybridized carbons (Fsp3) is 0.562. The van der Waals surface area contributed by atoms with Gasteiger partial charge in [-0.3, -0.25) is 4.79 Å². The summed E-state index contributed by atoms with van der Waals surface area (Å²) in [5, 5.41) is 5.92. The van der Waals surface area contributed by atoms with Gasteiger partial charge >= 0.3 is 0 Å². The Balaban J connectivity index is 2.61. The molecule has 0 aliphatic rings. The number of carbonyl (C=O) groups is 1. The van der Waals surface area contributed by atoms with Crippen LogP contribution in [-0.4, -0.2) is 39.8 Å². The van der Waals surface area contributed by atoms with Gasteiger partial charge in [0.25, 0.3) is 5.91 Å². The zero-order chi connectivity index (χ0) is 15.5. The van der Waals surface area contributed by atoms with Crippen LogP contribution in [0.3, 0.4) is 0 Å². The lowest BCUT2D eigenvalue weighted by molar-refractivity contribution is 0.0953. The second-order valence-corrected chi connectivity index (χ2v) is 4.78. The number of hydrogen-bond donors (Lipinski definition) is 2. The third kappa shape index (κ3) is 6.04. The summed E-state index contributed by atoms with van der Waals surface area (Å²) < 4.78 is 10.9. The number of rotatable bonds is 10. The first-order chi connectivity index (χ1) is 10.2. The van der Waals surface area contributed by atoms with E-state index in [1.165, 1.54) is 0 Å². The summed E-state index contributed by atoms with van der Waals surface area (Å²) in [6.07, 6.45) is 2.98. The normalized spacial score (nSPS) is 10.2. The SMILES string of the molecule is CCCCOc1ccc(C(=O)NCCCNC)cc1OC. The van der Waals surface area contributed by atoms with Crippen LogP contribution in [0.15, 0.2) is 18.2 Å². The van der Waals surface area contributed by atoms with Crippen LogP contribution in [0.1, 0.15) is 36.5 Å². The van der Waals surface area contributed by atoms with E-state index in [0.29, 0.717) is 30.2 Å². The van der Waals surface area contributed by atoms with Gasteiger partial charge in [0.15, 0.2) is 11.5 Å². The molecule has 1 amide bonds. The van der Waals surface area contributed by atoms with Crippen molar-refractivity contribution in [3.8, 4) is 11.5 Å². The monoisotopic (exact) mass is 294 g/mol. The topological polar surface area (TPSA) is 59.6 Å². The average Bonchev–Trinajstić information content (AvgIpc) is 2.51. The fourth-order valence-electron chi connectivity index (χ4n) is 1.82. The molecule has 0 unspecified atom stereocenters. The number of nitrogens with one attached hydrogen (secondary N) is 2. The highest BCUT2D eigenvalue weighted by Crippen LogP contribution is 2.28. The van der Waals surface area contributed by atoms with Gasteiger partial charge < -0.3 is 20.1 Å². The maximum atomic E-state index is 12.0. The highest BCUT2D eigenvalue weighted by molar-refractivity contribution is 5.94. The van der Waals surface area contributed by atoms with Crippen LogP contribution in [0.5, 0.6) is 11.5 Å². The third-order valence-electron chi connectivity index (χ3n) is 3.07. The van der Waals surface area contributed by atoms with E-state index < -0.39 is 0 Å². The van der Waals surface area contributed by atoms with Crippen molar-refractivity contribution < 1.29 is 14.3 Å². The molecule has 0 radical (unpaired) electrons. The molecule has 0 saturated heterocycles. The lowest BCUT2D eigenvalue weighted by Gasteiger charge is -2.12.